The van der Waals surface area contributed by atoms with Gasteiger partial charge in [0.15, 0.2) is 9.84 Å². The van der Waals surface area contributed by atoms with Crippen LogP contribution in [0.5, 0.6) is 0 Å². The minimum atomic E-state index is -3.22. The summed E-state index contributed by atoms with van der Waals surface area (Å²) >= 11 is 0. The molecule has 1 amide bonds. The summed E-state index contributed by atoms with van der Waals surface area (Å²) in [6.07, 6.45) is 4.20. The lowest BCUT2D eigenvalue weighted by Gasteiger charge is -2.04. The van der Waals surface area contributed by atoms with Crippen molar-refractivity contribution in [3.63, 3.8) is 0 Å². The summed E-state index contributed by atoms with van der Waals surface area (Å²) in [5, 5.41) is 4.01. The van der Waals surface area contributed by atoms with Crippen LogP contribution in [0, 0.1) is 0 Å². The average molecular weight is 317 g/mol. The third-order valence-corrected chi connectivity index (χ3v) is 4.10. The molecule has 1 N–H and O–H groups in total. The molecule has 0 saturated heterocycles. The second-order valence-corrected chi connectivity index (χ2v) is 6.69. The van der Waals surface area contributed by atoms with Crippen LogP contribution >= 0.6 is 0 Å². The van der Waals surface area contributed by atoms with E-state index in [-0.39, 0.29) is 10.8 Å². The normalized spacial score (nSPS) is 12.0. The number of benzene rings is 1. The van der Waals surface area contributed by atoms with E-state index in [9.17, 15) is 13.2 Å². The molecule has 1 heterocycles. The van der Waals surface area contributed by atoms with Gasteiger partial charge in [-0.15, -0.1) is 0 Å². The van der Waals surface area contributed by atoms with Crippen molar-refractivity contribution in [2.75, 3.05) is 6.26 Å². The molecule has 0 fully saturated rings. The molecule has 0 unspecified atom stereocenters. The number of amides is 1. The van der Waals surface area contributed by atoms with Crippen LogP contribution in [-0.2, 0) is 9.84 Å². The fourth-order valence-electron chi connectivity index (χ4n) is 1.71. The van der Waals surface area contributed by atoms with E-state index in [1.54, 1.807) is 31.2 Å². The lowest BCUT2D eigenvalue weighted by molar-refractivity contribution is 0.0954. The Morgan fingerprint density at radius 3 is 2.18 bits per heavy atom. The summed E-state index contributed by atoms with van der Waals surface area (Å²) < 4.78 is 22.8. The van der Waals surface area contributed by atoms with Crippen LogP contribution in [0.1, 0.15) is 22.8 Å². The number of nitrogens with zero attached hydrogens (tertiary/aromatic N) is 2. The number of carbonyl (C=O) groups is 1. The van der Waals surface area contributed by atoms with E-state index < -0.39 is 9.84 Å². The van der Waals surface area contributed by atoms with Crippen LogP contribution in [-0.4, -0.2) is 31.3 Å². The monoisotopic (exact) mass is 317 g/mol. The number of hydrogen-bond donors (Lipinski definition) is 1. The highest BCUT2D eigenvalue weighted by Crippen LogP contribution is 2.11. The number of rotatable bonds is 4. The van der Waals surface area contributed by atoms with Gasteiger partial charge < -0.3 is 0 Å². The highest BCUT2D eigenvalue weighted by atomic mass is 32.2. The SMILES string of the molecule is C/C(=N/NC(=O)c1ccncc1)c1ccc(S(C)(=O)=O)cc1. The number of hydrazone groups is 1. The number of nitrogens with one attached hydrogen (secondary N) is 1. The molecular formula is C15H15N3O3S. The maximum atomic E-state index is 11.8. The summed E-state index contributed by atoms with van der Waals surface area (Å²) in [7, 11) is -3.22. The van der Waals surface area contributed by atoms with Gasteiger partial charge in [-0.25, -0.2) is 13.8 Å². The van der Waals surface area contributed by atoms with Gasteiger partial charge in [-0.05, 0) is 36.8 Å². The quantitative estimate of drug-likeness (QED) is 0.686. The second-order valence-electron chi connectivity index (χ2n) is 4.67. The maximum absolute atomic E-state index is 11.8. The smallest absolute Gasteiger partial charge is 0.267 e. The van der Waals surface area contributed by atoms with Crippen molar-refractivity contribution in [3.05, 3.63) is 59.9 Å². The van der Waals surface area contributed by atoms with Crippen molar-refractivity contribution in [1.29, 1.82) is 0 Å². The Kier molecular flexibility index (Phi) is 4.67. The van der Waals surface area contributed by atoms with Gasteiger partial charge in [0.05, 0.1) is 10.6 Å². The Balaban J connectivity index is 2.11. The number of carbonyl (C=O) groups excluding carboxylic acids is 1. The molecule has 1 aromatic carbocycles. The number of sulfone groups is 1. The third-order valence-electron chi connectivity index (χ3n) is 2.97. The standard InChI is InChI=1S/C15H15N3O3S/c1-11(12-3-5-14(6-4-12)22(2,20)21)17-18-15(19)13-7-9-16-10-8-13/h3-10H,1-2H3,(H,18,19)/b17-11-. The highest BCUT2D eigenvalue weighted by Gasteiger charge is 2.08. The van der Waals surface area contributed by atoms with Crippen LogP contribution in [0.25, 0.3) is 0 Å². The first-order chi connectivity index (χ1) is 10.4. The zero-order chi connectivity index (χ0) is 16.2. The molecule has 2 rings (SSSR count). The summed E-state index contributed by atoms with van der Waals surface area (Å²) in [6, 6.07) is 9.48. The zero-order valence-corrected chi connectivity index (χ0v) is 13.0. The molecule has 0 atom stereocenters. The van der Waals surface area contributed by atoms with Crippen molar-refractivity contribution in [1.82, 2.24) is 10.4 Å². The molecule has 0 bridgehead atoms. The van der Waals surface area contributed by atoms with Gasteiger partial charge in [0.1, 0.15) is 0 Å². The fraction of sp³-hybridized carbons (Fsp3) is 0.133. The van der Waals surface area contributed by atoms with Crippen molar-refractivity contribution < 1.29 is 13.2 Å². The minimum absolute atomic E-state index is 0.241. The lowest BCUT2D eigenvalue weighted by atomic mass is 10.1. The van der Waals surface area contributed by atoms with Crippen molar-refractivity contribution in [3.8, 4) is 0 Å². The molecule has 6 nitrogen and oxygen atoms in total. The van der Waals surface area contributed by atoms with E-state index in [4.69, 9.17) is 0 Å². The van der Waals surface area contributed by atoms with Crippen LogP contribution in [0.15, 0.2) is 58.8 Å². The fourth-order valence-corrected chi connectivity index (χ4v) is 2.34. The predicted molar refractivity (Wildman–Crippen MR) is 83.5 cm³/mol. The van der Waals surface area contributed by atoms with E-state index in [0.717, 1.165) is 11.8 Å². The molecule has 2 aromatic rings. The summed E-state index contributed by atoms with van der Waals surface area (Å²) in [6.45, 7) is 1.72. The number of aromatic nitrogens is 1. The molecule has 0 aliphatic heterocycles. The molecule has 1 aromatic heterocycles. The second kappa shape index (κ2) is 6.48. The van der Waals surface area contributed by atoms with E-state index in [2.05, 4.69) is 15.5 Å². The largest absolute Gasteiger partial charge is 0.271 e. The van der Waals surface area contributed by atoms with E-state index in [1.165, 1.54) is 24.5 Å². The first kappa shape index (κ1) is 15.8. The molecule has 22 heavy (non-hydrogen) atoms. The Bertz CT molecular complexity index is 798. The van der Waals surface area contributed by atoms with Crippen molar-refractivity contribution in [2.45, 2.75) is 11.8 Å². The van der Waals surface area contributed by atoms with Crippen LogP contribution in [0.3, 0.4) is 0 Å². The summed E-state index contributed by atoms with van der Waals surface area (Å²) in [4.78, 5) is 15.9. The third kappa shape index (κ3) is 3.98. The molecule has 0 radical (unpaired) electrons. The van der Waals surface area contributed by atoms with E-state index in [0.29, 0.717) is 11.3 Å². The average Bonchev–Trinajstić information content (AvgIpc) is 2.52. The molecule has 0 saturated carbocycles. The first-order valence-electron chi connectivity index (χ1n) is 6.43. The van der Waals surface area contributed by atoms with Crippen molar-refractivity contribution >= 4 is 21.5 Å². The maximum Gasteiger partial charge on any atom is 0.271 e. The number of pyridine rings is 1. The Hall–Kier alpha value is -2.54. The molecule has 7 heteroatoms. The van der Waals surface area contributed by atoms with Crippen molar-refractivity contribution in [2.24, 2.45) is 5.10 Å². The van der Waals surface area contributed by atoms with Gasteiger partial charge in [-0.1, -0.05) is 12.1 Å². The van der Waals surface area contributed by atoms with Gasteiger partial charge in [0.25, 0.3) is 5.91 Å². The molecule has 114 valence electrons. The molecule has 0 aliphatic rings. The Morgan fingerprint density at radius 1 is 1.05 bits per heavy atom. The van der Waals surface area contributed by atoms with Gasteiger partial charge in [0, 0.05) is 24.2 Å². The molecular weight excluding hydrogens is 302 g/mol. The van der Waals surface area contributed by atoms with Gasteiger partial charge >= 0.3 is 0 Å². The topological polar surface area (TPSA) is 88.5 Å². The molecule has 0 spiro atoms. The number of hydrogen-bond acceptors (Lipinski definition) is 5. The van der Waals surface area contributed by atoms with E-state index >= 15 is 0 Å². The van der Waals surface area contributed by atoms with Gasteiger partial charge in [0.2, 0.25) is 0 Å². The van der Waals surface area contributed by atoms with Crippen LogP contribution < -0.4 is 5.43 Å². The summed E-state index contributed by atoms with van der Waals surface area (Å²) in [5.74, 6) is -0.338. The molecule has 0 aliphatic carbocycles. The Morgan fingerprint density at radius 2 is 1.64 bits per heavy atom. The van der Waals surface area contributed by atoms with Gasteiger partial charge in [-0.2, -0.15) is 5.10 Å². The zero-order valence-electron chi connectivity index (χ0n) is 12.1. The van der Waals surface area contributed by atoms with Gasteiger partial charge in [-0.3, -0.25) is 9.78 Å². The van der Waals surface area contributed by atoms with Crippen LogP contribution in [0.2, 0.25) is 0 Å². The minimum Gasteiger partial charge on any atom is -0.267 e. The van der Waals surface area contributed by atoms with E-state index in [1.807, 2.05) is 0 Å². The highest BCUT2D eigenvalue weighted by molar-refractivity contribution is 7.90. The first-order valence-corrected chi connectivity index (χ1v) is 8.32. The Labute approximate surface area is 128 Å². The summed E-state index contributed by atoms with van der Waals surface area (Å²) in [5.41, 5.74) is 4.20. The predicted octanol–water partition coefficient (Wildman–Crippen LogP) is 1.64. The lowest BCUT2D eigenvalue weighted by Crippen LogP contribution is -2.19. The van der Waals surface area contributed by atoms with Crippen LogP contribution in [0.4, 0.5) is 0 Å².